The van der Waals surface area contributed by atoms with E-state index in [0.717, 1.165) is 16.9 Å². The van der Waals surface area contributed by atoms with E-state index in [-0.39, 0.29) is 11.7 Å². The Morgan fingerprint density at radius 1 is 0.897 bits per heavy atom. The first-order valence-corrected chi connectivity index (χ1v) is 9.44. The van der Waals surface area contributed by atoms with Crippen LogP contribution in [0.3, 0.4) is 0 Å². The third-order valence-electron chi connectivity index (χ3n) is 4.45. The van der Waals surface area contributed by atoms with Gasteiger partial charge in [0.2, 0.25) is 5.78 Å². The van der Waals surface area contributed by atoms with Crippen molar-refractivity contribution in [2.45, 2.75) is 19.4 Å². The van der Waals surface area contributed by atoms with Gasteiger partial charge in [-0.15, -0.1) is 0 Å². The molecule has 0 atom stereocenters. The number of ether oxygens (including phenoxy) is 1. The Labute approximate surface area is 169 Å². The Hall–Kier alpha value is -3.73. The smallest absolute Gasteiger partial charge is 0.263 e. The summed E-state index contributed by atoms with van der Waals surface area (Å²) < 4.78 is 11.4. The summed E-state index contributed by atoms with van der Waals surface area (Å²) in [7, 11) is 0. The number of ketones is 1. The topological polar surface area (TPSA) is 65.2 Å². The maximum absolute atomic E-state index is 12.5. The maximum Gasteiger partial charge on any atom is 0.263 e. The molecule has 0 fully saturated rings. The summed E-state index contributed by atoms with van der Waals surface area (Å²) in [6.45, 7) is 0.510. The molecule has 0 unspecified atom stereocenters. The van der Waals surface area contributed by atoms with Crippen LogP contribution in [0.5, 0.6) is 5.75 Å². The minimum Gasteiger partial charge on any atom is -0.489 e. The van der Waals surface area contributed by atoms with E-state index in [0.29, 0.717) is 30.9 Å². The SMILES string of the molecule is O=C(CCc1cccc(OCc2ccccc2)c1)c1ncc(-c2ccccn2)o1. The summed E-state index contributed by atoms with van der Waals surface area (Å²) in [4.78, 5) is 20.8. The molecule has 0 aliphatic heterocycles. The van der Waals surface area contributed by atoms with Gasteiger partial charge in [-0.25, -0.2) is 4.98 Å². The van der Waals surface area contributed by atoms with Crippen LogP contribution in [-0.2, 0) is 13.0 Å². The quantitative estimate of drug-likeness (QED) is 0.394. The number of aromatic nitrogens is 2. The molecule has 0 radical (unpaired) electrons. The van der Waals surface area contributed by atoms with Gasteiger partial charge in [0.1, 0.15) is 18.1 Å². The molecule has 0 bridgehead atoms. The molecule has 0 aliphatic rings. The lowest BCUT2D eigenvalue weighted by atomic mass is 10.1. The summed E-state index contributed by atoms with van der Waals surface area (Å²) >= 11 is 0. The van der Waals surface area contributed by atoms with Gasteiger partial charge in [-0.05, 0) is 41.8 Å². The second-order valence-corrected chi connectivity index (χ2v) is 6.59. The van der Waals surface area contributed by atoms with Gasteiger partial charge in [0.05, 0.1) is 6.20 Å². The second-order valence-electron chi connectivity index (χ2n) is 6.59. The average Bonchev–Trinajstić information content (AvgIpc) is 3.28. The second kappa shape index (κ2) is 8.97. The number of oxazole rings is 1. The summed E-state index contributed by atoms with van der Waals surface area (Å²) in [5, 5.41) is 0. The molecular weight excluding hydrogens is 364 g/mol. The number of hydrogen-bond donors (Lipinski definition) is 0. The van der Waals surface area contributed by atoms with Gasteiger partial charge in [-0.2, -0.15) is 0 Å². The van der Waals surface area contributed by atoms with Gasteiger partial charge in [0, 0.05) is 12.6 Å². The van der Waals surface area contributed by atoms with E-state index in [1.165, 1.54) is 6.20 Å². The highest BCUT2D eigenvalue weighted by Crippen LogP contribution is 2.20. The first-order valence-electron chi connectivity index (χ1n) is 9.44. The van der Waals surface area contributed by atoms with Gasteiger partial charge in [-0.3, -0.25) is 9.78 Å². The lowest BCUT2D eigenvalue weighted by Crippen LogP contribution is -2.02. The van der Waals surface area contributed by atoms with Gasteiger partial charge < -0.3 is 9.15 Å². The molecule has 0 spiro atoms. The predicted octanol–water partition coefficient (Wildman–Crippen LogP) is 5.13. The third-order valence-corrected chi connectivity index (χ3v) is 4.45. The normalized spacial score (nSPS) is 10.6. The molecule has 0 saturated carbocycles. The Bertz CT molecular complexity index is 1080. The molecule has 0 N–H and O–H groups in total. The number of nitrogens with zero attached hydrogens (tertiary/aromatic N) is 2. The fourth-order valence-corrected chi connectivity index (χ4v) is 2.93. The predicted molar refractivity (Wildman–Crippen MR) is 110 cm³/mol. The number of carbonyl (C=O) groups excluding carboxylic acids is 1. The van der Waals surface area contributed by atoms with Crippen molar-refractivity contribution in [3.8, 4) is 17.2 Å². The van der Waals surface area contributed by atoms with E-state index in [9.17, 15) is 4.79 Å². The first kappa shape index (κ1) is 18.6. The molecule has 2 heterocycles. The van der Waals surface area contributed by atoms with Gasteiger partial charge in [-0.1, -0.05) is 48.5 Å². The zero-order valence-electron chi connectivity index (χ0n) is 15.8. The third kappa shape index (κ3) is 4.96. The minimum atomic E-state index is -0.136. The van der Waals surface area contributed by atoms with Crippen LogP contribution < -0.4 is 4.74 Å². The van der Waals surface area contributed by atoms with Crippen molar-refractivity contribution in [1.82, 2.24) is 9.97 Å². The molecule has 29 heavy (non-hydrogen) atoms. The number of benzene rings is 2. The molecular formula is C24H20N2O3. The van der Waals surface area contributed by atoms with Crippen molar-refractivity contribution in [1.29, 1.82) is 0 Å². The van der Waals surface area contributed by atoms with Crippen LogP contribution in [0.25, 0.3) is 11.5 Å². The van der Waals surface area contributed by atoms with Crippen LogP contribution in [-0.4, -0.2) is 15.8 Å². The van der Waals surface area contributed by atoms with Gasteiger partial charge in [0.15, 0.2) is 5.76 Å². The highest BCUT2D eigenvalue weighted by atomic mass is 16.5. The van der Waals surface area contributed by atoms with E-state index in [1.807, 2.05) is 72.8 Å². The van der Waals surface area contributed by atoms with Crippen LogP contribution >= 0.6 is 0 Å². The number of Topliss-reactive ketones (excluding diaryl/α,β-unsaturated/α-hetero) is 1. The van der Waals surface area contributed by atoms with Gasteiger partial charge in [0.25, 0.3) is 5.89 Å². The van der Waals surface area contributed by atoms with E-state index in [4.69, 9.17) is 9.15 Å². The van der Waals surface area contributed by atoms with Crippen molar-refractivity contribution in [2.75, 3.05) is 0 Å². The Balaban J connectivity index is 1.34. The molecule has 144 valence electrons. The molecule has 0 aliphatic carbocycles. The zero-order chi connectivity index (χ0) is 19.9. The van der Waals surface area contributed by atoms with Crippen LogP contribution in [0, 0.1) is 0 Å². The molecule has 2 aromatic heterocycles. The summed E-state index contributed by atoms with van der Waals surface area (Å²) in [5.74, 6) is 1.25. The standard InChI is InChI=1S/C24H20N2O3/c27-22(24-26-16-23(29-24)21-11-4-5-14-25-21)13-12-18-9-6-10-20(15-18)28-17-19-7-2-1-3-8-19/h1-11,14-16H,12-13,17H2. The fourth-order valence-electron chi connectivity index (χ4n) is 2.93. The summed E-state index contributed by atoms with van der Waals surface area (Å²) in [5.41, 5.74) is 2.79. The molecule has 0 amide bonds. The number of carbonyl (C=O) groups is 1. The van der Waals surface area contributed by atoms with Crippen molar-refractivity contribution in [3.05, 3.63) is 102 Å². The van der Waals surface area contributed by atoms with Crippen molar-refractivity contribution >= 4 is 5.78 Å². The Morgan fingerprint density at radius 3 is 2.55 bits per heavy atom. The van der Waals surface area contributed by atoms with Gasteiger partial charge >= 0.3 is 0 Å². The van der Waals surface area contributed by atoms with Crippen LogP contribution in [0.2, 0.25) is 0 Å². The van der Waals surface area contributed by atoms with E-state index < -0.39 is 0 Å². The maximum atomic E-state index is 12.5. The number of rotatable bonds is 8. The fraction of sp³-hybridized carbons (Fsp3) is 0.125. The van der Waals surface area contributed by atoms with E-state index in [1.54, 1.807) is 6.20 Å². The highest BCUT2D eigenvalue weighted by molar-refractivity contribution is 5.92. The average molecular weight is 384 g/mol. The Kier molecular flexibility index (Phi) is 5.76. The van der Waals surface area contributed by atoms with Crippen LogP contribution in [0.15, 0.2) is 89.6 Å². The summed E-state index contributed by atoms with van der Waals surface area (Å²) in [6, 6.07) is 23.3. The monoisotopic (exact) mass is 384 g/mol. The lowest BCUT2D eigenvalue weighted by Gasteiger charge is -2.08. The molecule has 5 nitrogen and oxygen atoms in total. The van der Waals surface area contributed by atoms with Crippen molar-refractivity contribution in [2.24, 2.45) is 0 Å². The van der Waals surface area contributed by atoms with E-state index >= 15 is 0 Å². The first-order chi connectivity index (χ1) is 14.3. The van der Waals surface area contributed by atoms with Crippen LogP contribution in [0.4, 0.5) is 0 Å². The molecule has 5 heteroatoms. The molecule has 0 saturated heterocycles. The zero-order valence-corrected chi connectivity index (χ0v) is 15.8. The largest absolute Gasteiger partial charge is 0.489 e. The van der Waals surface area contributed by atoms with Crippen molar-refractivity contribution < 1.29 is 13.9 Å². The molecule has 4 aromatic rings. The lowest BCUT2D eigenvalue weighted by molar-refractivity contribution is 0.0950. The number of hydrogen-bond acceptors (Lipinski definition) is 5. The van der Waals surface area contributed by atoms with Crippen LogP contribution in [0.1, 0.15) is 28.2 Å². The molecule has 4 rings (SSSR count). The molecule has 2 aromatic carbocycles. The number of pyridine rings is 1. The summed E-state index contributed by atoms with van der Waals surface area (Å²) in [6.07, 6.45) is 4.10. The highest BCUT2D eigenvalue weighted by Gasteiger charge is 2.15. The van der Waals surface area contributed by atoms with E-state index in [2.05, 4.69) is 9.97 Å². The Morgan fingerprint density at radius 2 is 1.72 bits per heavy atom. The number of aryl methyl sites for hydroxylation is 1. The minimum absolute atomic E-state index is 0.113. The van der Waals surface area contributed by atoms with Crippen molar-refractivity contribution in [3.63, 3.8) is 0 Å².